The summed E-state index contributed by atoms with van der Waals surface area (Å²) in [5.41, 5.74) is 13.5. The van der Waals surface area contributed by atoms with E-state index in [-0.39, 0.29) is 5.60 Å². The van der Waals surface area contributed by atoms with E-state index in [0.29, 0.717) is 0 Å². The molecule has 28 heavy (non-hydrogen) atoms. The molecule has 0 aliphatic carbocycles. The van der Waals surface area contributed by atoms with Gasteiger partial charge in [0.1, 0.15) is 11.4 Å². The molecule has 2 aliphatic heterocycles. The number of piperidine rings is 1. The van der Waals surface area contributed by atoms with Crippen LogP contribution in [0.2, 0.25) is 0 Å². The molecule has 2 aromatic rings. The highest BCUT2D eigenvalue weighted by atomic mass is 16.5. The number of nitrogens with zero attached hydrogens (tertiary/aromatic N) is 1. The van der Waals surface area contributed by atoms with Crippen LogP contribution in [0.15, 0.2) is 30.3 Å². The van der Waals surface area contributed by atoms with E-state index >= 15 is 0 Å². The molecule has 1 saturated heterocycles. The number of fused-ring (bicyclic) bond motifs is 1. The normalized spacial score (nSPS) is 22.9. The molecule has 1 fully saturated rings. The predicted molar refractivity (Wildman–Crippen MR) is 117 cm³/mol. The summed E-state index contributed by atoms with van der Waals surface area (Å²) in [6, 6.07) is 10.9. The molecule has 2 aliphatic rings. The second-order valence-electron chi connectivity index (χ2n) is 9.23. The van der Waals surface area contributed by atoms with Crippen LogP contribution < -0.4 is 10.5 Å². The van der Waals surface area contributed by atoms with E-state index in [1.54, 1.807) is 0 Å². The monoisotopic (exact) mass is 378 g/mol. The molecule has 2 heterocycles. The minimum Gasteiger partial charge on any atom is -0.485 e. The molecule has 3 heteroatoms. The van der Waals surface area contributed by atoms with Crippen LogP contribution in [0, 0.1) is 26.7 Å². The summed E-state index contributed by atoms with van der Waals surface area (Å²) >= 11 is 0. The zero-order chi connectivity index (χ0) is 19.9. The number of nitrogens with two attached hydrogens (primary N) is 1. The average Bonchev–Trinajstić information content (AvgIpc) is 3.05. The molecule has 0 spiro atoms. The van der Waals surface area contributed by atoms with Gasteiger partial charge in [-0.25, -0.2) is 0 Å². The molecule has 1 unspecified atom stereocenters. The fourth-order valence-electron chi connectivity index (χ4n) is 5.08. The lowest BCUT2D eigenvalue weighted by Gasteiger charge is -2.37. The highest BCUT2D eigenvalue weighted by molar-refractivity contribution is 5.66. The molecule has 2 N–H and O–H groups in total. The lowest BCUT2D eigenvalue weighted by atomic mass is 9.88. The Morgan fingerprint density at radius 2 is 1.71 bits per heavy atom. The van der Waals surface area contributed by atoms with E-state index < -0.39 is 0 Å². The average molecular weight is 379 g/mol. The summed E-state index contributed by atoms with van der Waals surface area (Å²) < 4.78 is 6.57. The van der Waals surface area contributed by atoms with Crippen molar-refractivity contribution in [3.63, 3.8) is 0 Å². The molecule has 150 valence electrons. The highest BCUT2D eigenvalue weighted by Crippen LogP contribution is 2.44. The quantitative estimate of drug-likeness (QED) is 0.774. The van der Waals surface area contributed by atoms with Crippen molar-refractivity contribution >= 4 is 5.69 Å². The van der Waals surface area contributed by atoms with Gasteiger partial charge in [0.15, 0.2) is 0 Å². The number of nitrogen functional groups attached to an aromatic ring is 1. The molecule has 4 rings (SSSR count). The molecule has 0 radical (unpaired) electrons. The summed E-state index contributed by atoms with van der Waals surface area (Å²) in [4.78, 5) is 2.61. The largest absolute Gasteiger partial charge is 0.485 e. The van der Waals surface area contributed by atoms with Crippen LogP contribution >= 0.6 is 0 Å². The van der Waals surface area contributed by atoms with Crippen molar-refractivity contribution < 1.29 is 4.74 Å². The van der Waals surface area contributed by atoms with Crippen molar-refractivity contribution in [2.24, 2.45) is 5.92 Å². The molecule has 1 atom stereocenters. The fourth-order valence-corrected chi connectivity index (χ4v) is 5.08. The van der Waals surface area contributed by atoms with Crippen molar-refractivity contribution in [2.75, 3.05) is 25.4 Å². The minimum absolute atomic E-state index is 0.148. The maximum Gasteiger partial charge on any atom is 0.127 e. The van der Waals surface area contributed by atoms with Gasteiger partial charge >= 0.3 is 0 Å². The fraction of sp³-hybridized carbons (Fsp3) is 0.520. The lowest BCUT2D eigenvalue weighted by Crippen LogP contribution is -2.47. The van der Waals surface area contributed by atoms with Crippen LogP contribution in [0.3, 0.4) is 0 Å². The molecular weight excluding hydrogens is 344 g/mol. The number of likely N-dealkylation sites (tertiary alicyclic amines) is 1. The Balaban J connectivity index is 1.38. The number of hydrogen-bond acceptors (Lipinski definition) is 3. The summed E-state index contributed by atoms with van der Waals surface area (Å²) in [5, 5.41) is 0. The minimum atomic E-state index is -0.148. The Morgan fingerprint density at radius 3 is 2.39 bits per heavy atom. The van der Waals surface area contributed by atoms with Gasteiger partial charge in [-0.1, -0.05) is 30.3 Å². The number of benzene rings is 2. The predicted octanol–water partition coefficient (Wildman–Crippen LogP) is 4.84. The van der Waals surface area contributed by atoms with E-state index in [0.717, 1.165) is 30.3 Å². The smallest absolute Gasteiger partial charge is 0.127 e. The molecule has 0 bridgehead atoms. The molecule has 0 saturated carbocycles. The Hall–Kier alpha value is -2.00. The van der Waals surface area contributed by atoms with Crippen LogP contribution in [-0.4, -0.2) is 30.1 Å². The standard InChI is InChI=1S/C25H34N2O/c1-17-18(2)24-22(19(3)23(17)26)15-25(4,28-24)16-27-12-10-21(11-13-27)14-20-8-6-5-7-9-20/h5-9,21H,10-16,26H2,1-4H3. The summed E-state index contributed by atoms with van der Waals surface area (Å²) in [6.45, 7) is 12.0. The van der Waals surface area contributed by atoms with Gasteiger partial charge < -0.3 is 10.5 Å². The molecule has 0 aromatic heterocycles. The Bertz CT molecular complexity index is 814. The number of ether oxygens (including phenoxy) is 1. The van der Waals surface area contributed by atoms with Gasteiger partial charge in [-0.2, -0.15) is 0 Å². The van der Waals surface area contributed by atoms with E-state index in [4.69, 9.17) is 10.5 Å². The van der Waals surface area contributed by atoms with E-state index in [2.05, 4.69) is 62.9 Å². The molecule has 3 nitrogen and oxygen atoms in total. The third kappa shape index (κ3) is 3.65. The van der Waals surface area contributed by atoms with Crippen LogP contribution in [0.1, 0.15) is 47.6 Å². The van der Waals surface area contributed by atoms with Crippen molar-refractivity contribution in [1.82, 2.24) is 4.90 Å². The Labute approximate surface area is 169 Å². The van der Waals surface area contributed by atoms with E-state index in [1.807, 2.05) is 0 Å². The lowest BCUT2D eigenvalue weighted by molar-refractivity contribution is 0.0474. The van der Waals surface area contributed by atoms with E-state index in [9.17, 15) is 0 Å². The third-order valence-electron chi connectivity index (χ3n) is 6.97. The van der Waals surface area contributed by atoms with Crippen molar-refractivity contribution in [3.05, 3.63) is 58.1 Å². The van der Waals surface area contributed by atoms with Crippen LogP contribution in [-0.2, 0) is 12.8 Å². The van der Waals surface area contributed by atoms with E-state index in [1.165, 1.54) is 60.2 Å². The number of anilines is 1. The van der Waals surface area contributed by atoms with Gasteiger partial charge in [-0.15, -0.1) is 0 Å². The van der Waals surface area contributed by atoms with Gasteiger partial charge in [-0.05, 0) is 88.2 Å². The first-order valence-corrected chi connectivity index (χ1v) is 10.7. The van der Waals surface area contributed by atoms with Gasteiger partial charge in [0.05, 0.1) is 0 Å². The number of rotatable bonds is 4. The number of hydrogen-bond donors (Lipinski definition) is 1. The Morgan fingerprint density at radius 1 is 1.04 bits per heavy atom. The highest BCUT2D eigenvalue weighted by Gasteiger charge is 2.39. The SMILES string of the molecule is Cc1c(C)c2c(c(C)c1N)CC(C)(CN1CCC(Cc3ccccc3)CC1)O2. The molecule has 0 amide bonds. The summed E-state index contributed by atoms with van der Waals surface area (Å²) in [5.74, 6) is 1.89. The second-order valence-corrected chi connectivity index (χ2v) is 9.23. The first-order chi connectivity index (χ1) is 13.4. The van der Waals surface area contributed by atoms with Gasteiger partial charge in [0.2, 0.25) is 0 Å². The third-order valence-corrected chi connectivity index (χ3v) is 6.97. The van der Waals surface area contributed by atoms with Crippen molar-refractivity contribution in [3.8, 4) is 5.75 Å². The van der Waals surface area contributed by atoms with Crippen LogP contribution in [0.5, 0.6) is 5.75 Å². The van der Waals surface area contributed by atoms with Gasteiger partial charge in [0.25, 0.3) is 0 Å². The van der Waals surface area contributed by atoms with Crippen LogP contribution in [0.4, 0.5) is 5.69 Å². The topological polar surface area (TPSA) is 38.5 Å². The molecular formula is C25H34N2O. The zero-order valence-electron chi connectivity index (χ0n) is 17.8. The van der Waals surface area contributed by atoms with Gasteiger partial charge in [0, 0.05) is 24.2 Å². The Kier molecular flexibility index (Phi) is 5.13. The van der Waals surface area contributed by atoms with Crippen LogP contribution in [0.25, 0.3) is 0 Å². The maximum atomic E-state index is 6.57. The summed E-state index contributed by atoms with van der Waals surface area (Å²) in [7, 11) is 0. The van der Waals surface area contributed by atoms with Crippen molar-refractivity contribution in [2.45, 2.75) is 59.0 Å². The van der Waals surface area contributed by atoms with Crippen molar-refractivity contribution in [1.29, 1.82) is 0 Å². The van der Waals surface area contributed by atoms with Gasteiger partial charge in [-0.3, -0.25) is 4.90 Å². The maximum absolute atomic E-state index is 6.57. The first-order valence-electron chi connectivity index (χ1n) is 10.7. The molecule has 2 aromatic carbocycles. The summed E-state index contributed by atoms with van der Waals surface area (Å²) in [6.07, 6.45) is 4.73. The zero-order valence-corrected chi connectivity index (χ0v) is 17.8. The second kappa shape index (κ2) is 7.44. The first kappa shape index (κ1) is 19.3.